The minimum absolute atomic E-state index is 0.0779. The number of carbonyl (C=O) groups excluding carboxylic acids is 3. The van der Waals surface area contributed by atoms with Crippen molar-refractivity contribution in [2.75, 3.05) is 6.61 Å². The monoisotopic (exact) mass is 400 g/mol. The molecule has 29 heavy (non-hydrogen) atoms. The van der Waals surface area contributed by atoms with Crippen LogP contribution in [0.3, 0.4) is 0 Å². The molecular formula is C19H24N6O4. The molecule has 154 valence electrons. The van der Waals surface area contributed by atoms with Crippen molar-refractivity contribution in [3.05, 3.63) is 42.2 Å². The van der Waals surface area contributed by atoms with Crippen LogP contribution in [0.1, 0.15) is 43.7 Å². The van der Waals surface area contributed by atoms with Gasteiger partial charge in [0.25, 0.3) is 5.91 Å². The van der Waals surface area contributed by atoms with E-state index in [1.165, 1.54) is 17.4 Å². The number of benzene rings is 1. The number of nitrogens with zero attached hydrogens (tertiary/aromatic N) is 4. The lowest BCUT2D eigenvalue weighted by Gasteiger charge is -2.22. The number of aromatic nitrogens is 4. The zero-order valence-corrected chi connectivity index (χ0v) is 16.0. The van der Waals surface area contributed by atoms with E-state index in [0.717, 1.165) is 31.2 Å². The summed E-state index contributed by atoms with van der Waals surface area (Å²) in [6, 6.07) is 8.01. The van der Waals surface area contributed by atoms with Gasteiger partial charge in [-0.05, 0) is 28.8 Å². The van der Waals surface area contributed by atoms with Gasteiger partial charge in [0.1, 0.15) is 6.33 Å². The van der Waals surface area contributed by atoms with Crippen LogP contribution in [-0.4, -0.2) is 50.8 Å². The summed E-state index contributed by atoms with van der Waals surface area (Å²) in [5.74, 6) is -1.36. The Morgan fingerprint density at radius 2 is 1.90 bits per heavy atom. The zero-order valence-electron chi connectivity index (χ0n) is 16.0. The third-order valence-electron chi connectivity index (χ3n) is 4.77. The van der Waals surface area contributed by atoms with E-state index < -0.39 is 30.6 Å². The maximum atomic E-state index is 12.5. The molecule has 2 N–H and O–H groups in total. The number of imide groups is 1. The van der Waals surface area contributed by atoms with Gasteiger partial charge in [-0.2, -0.15) is 0 Å². The van der Waals surface area contributed by atoms with Crippen molar-refractivity contribution in [1.29, 1.82) is 0 Å². The minimum Gasteiger partial charge on any atom is -0.454 e. The summed E-state index contributed by atoms with van der Waals surface area (Å²) in [4.78, 5) is 36.4. The lowest BCUT2D eigenvalue weighted by Crippen LogP contribution is -2.46. The molecule has 2 aromatic rings. The Kier molecular flexibility index (Phi) is 7.26. The largest absolute Gasteiger partial charge is 0.454 e. The number of urea groups is 1. The normalized spacial score (nSPS) is 15.3. The molecule has 10 heteroatoms. The van der Waals surface area contributed by atoms with Crippen LogP contribution < -0.4 is 10.6 Å². The third kappa shape index (κ3) is 6.37. The van der Waals surface area contributed by atoms with Crippen molar-refractivity contribution in [1.82, 2.24) is 30.8 Å². The van der Waals surface area contributed by atoms with Gasteiger partial charge in [-0.1, -0.05) is 49.6 Å². The average molecular weight is 400 g/mol. The Labute approximate surface area is 168 Å². The third-order valence-corrected chi connectivity index (χ3v) is 4.77. The van der Waals surface area contributed by atoms with Crippen LogP contribution in [0.2, 0.25) is 0 Å². The van der Waals surface area contributed by atoms with Gasteiger partial charge < -0.3 is 10.1 Å². The molecule has 10 nitrogen and oxygen atoms in total. The Balaban J connectivity index is 1.50. The molecule has 1 heterocycles. The highest BCUT2D eigenvalue weighted by Crippen LogP contribution is 2.17. The molecule has 0 unspecified atom stereocenters. The molecule has 0 radical (unpaired) electrons. The highest BCUT2D eigenvalue weighted by Gasteiger charge is 2.25. The van der Waals surface area contributed by atoms with Crippen molar-refractivity contribution in [3.8, 4) is 0 Å². The zero-order chi connectivity index (χ0) is 20.5. The highest BCUT2D eigenvalue weighted by atomic mass is 16.5. The van der Waals surface area contributed by atoms with Crippen molar-refractivity contribution in [2.45, 2.75) is 50.6 Å². The second kappa shape index (κ2) is 10.3. The number of tetrazole rings is 1. The van der Waals surface area contributed by atoms with Gasteiger partial charge in [-0.15, -0.1) is 5.10 Å². The summed E-state index contributed by atoms with van der Waals surface area (Å²) in [6.07, 6.45) is 6.72. The average Bonchev–Trinajstić information content (AvgIpc) is 3.26. The molecule has 1 aliphatic carbocycles. The maximum absolute atomic E-state index is 12.5. The van der Waals surface area contributed by atoms with Crippen LogP contribution in [0.4, 0.5) is 4.79 Å². The quantitative estimate of drug-likeness (QED) is 0.667. The number of carbonyl (C=O) groups is 3. The van der Waals surface area contributed by atoms with Gasteiger partial charge in [-0.25, -0.2) is 14.3 Å². The van der Waals surface area contributed by atoms with Gasteiger partial charge >= 0.3 is 12.0 Å². The first-order valence-electron chi connectivity index (χ1n) is 9.65. The lowest BCUT2D eigenvalue weighted by molar-refractivity contribution is -0.152. The van der Waals surface area contributed by atoms with E-state index in [4.69, 9.17) is 4.74 Å². The van der Waals surface area contributed by atoms with Crippen LogP contribution >= 0.6 is 0 Å². The van der Waals surface area contributed by atoms with E-state index in [0.29, 0.717) is 6.42 Å². The Hall–Kier alpha value is -3.30. The van der Waals surface area contributed by atoms with E-state index >= 15 is 0 Å². The second-order valence-corrected chi connectivity index (χ2v) is 6.96. The summed E-state index contributed by atoms with van der Waals surface area (Å²) >= 11 is 0. The summed E-state index contributed by atoms with van der Waals surface area (Å²) in [5.41, 5.74) is 0.890. The first-order valence-corrected chi connectivity index (χ1v) is 9.65. The van der Waals surface area contributed by atoms with E-state index in [1.54, 1.807) is 0 Å². The summed E-state index contributed by atoms with van der Waals surface area (Å²) in [6.45, 7) is -0.565. The van der Waals surface area contributed by atoms with Gasteiger partial charge in [0.2, 0.25) is 0 Å². The topological polar surface area (TPSA) is 128 Å². The lowest BCUT2D eigenvalue weighted by atomic mass is 9.96. The first-order chi connectivity index (χ1) is 14.1. The van der Waals surface area contributed by atoms with Gasteiger partial charge in [-0.3, -0.25) is 10.1 Å². The molecule has 0 bridgehead atoms. The van der Waals surface area contributed by atoms with Gasteiger partial charge in [0, 0.05) is 12.5 Å². The van der Waals surface area contributed by atoms with Crippen molar-refractivity contribution < 1.29 is 19.1 Å². The SMILES string of the molecule is O=C(COC(=O)[C@H](Cc1ccccc1)n1cnnn1)NC(=O)NC1CCCCC1. The predicted molar refractivity (Wildman–Crippen MR) is 102 cm³/mol. The molecule has 1 aliphatic rings. The number of rotatable bonds is 7. The van der Waals surface area contributed by atoms with Gasteiger partial charge in [0.15, 0.2) is 12.6 Å². The molecule has 1 aromatic heterocycles. The fourth-order valence-electron chi connectivity index (χ4n) is 3.30. The number of amides is 3. The molecule has 0 saturated heterocycles. The van der Waals surface area contributed by atoms with E-state index in [-0.39, 0.29) is 6.04 Å². The molecule has 3 rings (SSSR count). The Bertz CT molecular complexity index is 805. The molecule has 1 aromatic carbocycles. The smallest absolute Gasteiger partial charge is 0.331 e. The summed E-state index contributed by atoms with van der Waals surface area (Å²) in [7, 11) is 0. The van der Waals surface area contributed by atoms with Crippen LogP contribution in [0.25, 0.3) is 0 Å². The summed E-state index contributed by atoms with van der Waals surface area (Å²) in [5, 5.41) is 15.8. The molecule has 0 aliphatic heterocycles. The predicted octanol–water partition coefficient (Wildman–Crippen LogP) is 1.16. The highest BCUT2D eigenvalue weighted by molar-refractivity contribution is 5.95. The van der Waals surface area contributed by atoms with Crippen molar-refractivity contribution >= 4 is 17.9 Å². The van der Waals surface area contributed by atoms with E-state index in [1.807, 2.05) is 30.3 Å². The van der Waals surface area contributed by atoms with E-state index in [9.17, 15) is 14.4 Å². The fourth-order valence-corrected chi connectivity index (χ4v) is 3.30. The Morgan fingerprint density at radius 3 is 2.59 bits per heavy atom. The van der Waals surface area contributed by atoms with Crippen LogP contribution in [0.15, 0.2) is 36.7 Å². The number of hydrogen-bond donors (Lipinski definition) is 2. The maximum Gasteiger partial charge on any atom is 0.331 e. The van der Waals surface area contributed by atoms with Crippen LogP contribution in [0, 0.1) is 0 Å². The minimum atomic E-state index is -0.823. The van der Waals surface area contributed by atoms with Gasteiger partial charge in [0.05, 0.1) is 0 Å². The number of ether oxygens (including phenoxy) is 1. The molecule has 1 fully saturated rings. The fraction of sp³-hybridized carbons (Fsp3) is 0.474. The standard InChI is InChI=1S/C19H24N6O4/c26-17(22-19(28)21-15-9-5-2-6-10-15)12-29-18(27)16(25-13-20-23-24-25)11-14-7-3-1-4-8-14/h1,3-4,7-8,13,15-16H,2,5-6,9-12H2,(H2,21,22,26,28)/t16-/m0/s1. The number of nitrogens with one attached hydrogen (secondary N) is 2. The van der Waals surface area contributed by atoms with Crippen molar-refractivity contribution in [2.24, 2.45) is 0 Å². The molecule has 1 saturated carbocycles. The summed E-state index contributed by atoms with van der Waals surface area (Å²) < 4.78 is 6.39. The second-order valence-electron chi connectivity index (χ2n) is 6.96. The molecular weight excluding hydrogens is 376 g/mol. The van der Waals surface area contributed by atoms with E-state index in [2.05, 4.69) is 26.2 Å². The number of hydrogen-bond acceptors (Lipinski definition) is 7. The number of esters is 1. The van der Waals surface area contributed by atoms with Crippen LogP contribution in [-0.2, 0) is 20.7 Å². The molecule has 3 amide bonds. The Morgan fingerprint density at radius 1 is 1.14 bits per heavy atom. The van der Waals surface area contributed by atoms with Crippen LogP contribution in [0.5, 0.6) is 0 Å². The molecule has 1 atom stereocenters. The first kappa shape index (κ1) is 20.4. The molecule has 0 spiro atoms. The van der Waals surface area contributed by atoms with Crippen molar-refractivity contribution in [3.63, 3.8) is 0 Å².